The molecule has 0 N–H and O–H groups in total. The number of benzene rings is 2. The van der Waals surface area contributed by atoms with Gasteiger partial charge in [0.1, 0.15) is 13.1 Å². The van der Waals surface area contributed by atoms with Crippen LogP contribution in [0.5, 0.6) is 0 Å². The summed E-state index contributed by atoms with van der Waals surface area (Å²) in [6, 6.07) is 21.1. The van der Waals surface area contributed by atoms with E-state index in [-0.39, 0.29) is 12.4 Å². The zero-order chi connectivity index (χ0) is 24.7. The predicted octanol–water partition coefficient (Wildman–Crippen LogP) is 0.995. The first-order valence-corrected chi connectivity index (χ1v) is 11.6. The van der Waals surface area contributed by atoms with Gasteiger partial charge in [0.05, 0.1) is 48.4 Å². The molecule has 186 valence electrons. The van der Waals surface area contributed by atoms with E-state index < -0.39 is 10.4 Å². The van der Waals surface area contributed by atoms with Crippen LogP contribution in [0, 0.1) is 0 Å². The first-order chi connectivity index (χ1) is 14.8. The molecular formula is C25H39ClN2O4S. The summed E-state index contributed by atoms with van der Waals surface area (Å²) < 4.78 is 33.0. The summed E-state index contributed by atoms with van der Waals surface area (Å²) in [5.74, 6) is 0. The van der Waals surface area contributed by atoms with Crippen molar-refractivity contribution in [3.05, 3.63) is 97.1 Å². The first kappa shape index (κ1) is 33.2. The fourth-order valence-corrected chi connectivity index (χ4v) is 2.98. The minimum Gasteiger partial charge on any atom is -1.00 e. The van der Waals surface area contributed by atoms with Gasteiger partial charge in [-0.2, -0.15) is 0 Å². The molecule has 2 aromatic rings. The zero-order valence-electron chi connectivity index (χ0n) is 20.5. The van der Waals surface area contributed by atoms with Crippen molar-refractivity contribution >= 4 is 10.4 Å². The second kappa shape index (κ2) is 16.6. The van der Waals surface area contributed by atoms with Gasteiger partial charge in [-0.05, 0) is 12.2 Å². The van der Waals surface area contributed by atoms with Crippen LogP contribution in [0.25, 0.3) is 0 Å². The maximum atomic E-state index is 9.22. The van der Waals surface area contributed by atoms with E-state index in [2.05, 4.69) is 106 Å². The second-order valence-electron chi connectivity index (χ2n) is 8.68. The fraction of sp³-hybridized carbons (Fsp3) is 0.360. The zero-order valence-corrected chi connectivity index (χ0v) is 22.1. The monoisotopic (exact) mass is 498 g/mol. The fourth-order valence-electron chi connectivity index (χ4n) is 2.98. The molecule has 2 rings (SSSR count). The second-order valence-corrected chi connectivity index (χ2v) is 9.83. The van der Waals surface area contributed by atoms with Crippen LogP contribution < -0.4 is 12.4 Å². The number of quaternary nitrogens is 2. The van der Waals surface area contributed by atoms with Crippen molar-refractivity contribution in [3.63, 3.8) is 0 Å². The van der Waals surface area contributed by atoms with Gasteiger partial charge in [-0.25, -0.2) is 8.42 Å². The van der Waals surface area contributed by atoms with Gasteiger partial charge in [-0.15, -0.1) is 0 Å². The van der Waals surface area contributed by atoms with Crippen LogP contribution in [-0.4, -0.2) is 70.3 Å². The Morgan fingerprint density at radius 1 is 0.788 bits per heavy atom. The molecule has 0 spiro atoms. The van der Waals surface area contributed by atoms with Crippen molar-refractivity contribution in [1.29, 1.82) is 0 Å². The molecule has 0 aliphatic rings. The molecule has 6 nitrogen and oxygen atoms in total. The number of hydrogen-bond donors (Lipinski definition) is 0. The molecule has 2 aromatic carbocycles. The molecule has 0 radical (unpaired) electrons. The number of halogens is 1. The molecule has 0 aromatic heterocycles. The van der Waals surface area contributed by atoms with Crippen LogP contribution in [0.15, 0.2) is 86.0 Å². The Hall–Kier alpha value is -2.00. The third-order valence-electron chi connectivity index (χ3n) is 4.36. The largest absolute Gasteiger partial charge is 1.00 e. The average molecular weight is 499 g/mol. The quantitative estimate of drug-likeness (QED) is 0.224. The van der Waals surface area contributed by atoms with E-state index in [1.807, 2.05) is 12.2 Å². The summed E-state index contributed by atoms with van der Waals surface area (Å²) in [4.78, 5) is 0. The molecule has 0 unspecified atom stereocenters. The lowest BCUT2D eigenvalue weighted by molar-refractivity contribution is -0.897. The molecule has 8 heteroatoms. The molecule has 0 aliphatic carbocycles. The Morgan fingerprint density at radius 2 is 1.06 bits per heavy atom. The predicted molar refractivity (Wildman–Crippen MR) is 131 cm³/mol. The van der Waals surface area contributed by atoms with Crippen LogP contribution in [-0.2, 0) is 27.7 Å². The average Bonchev–Trinajstić information content (AvgIpc) is 2.69. The molecule has 33 heavy (non-hydrogen) atoms. The van der Waals surface area contributed by atoms with Crippen LogP contribution in [0.4, 0.5) is 0 Å². The van der Waals surface area contributed by atoms with Gasteiger partial charge in [0.15, 0.2) is 0 Å². The van der Waals surface area contributed by atoms with E-state index in [9.17, 15) is 13.0 Å². The van der Waals surface area contributed by atoms with Gasteiger partial charge in [0.2, 0.25) is 10.4 Å². The van der Waals surface area contributed by atoms with E-state index in [4.69, 9.17) is 0 Å². The number of hydrogen-bond acceptors (Lipinski definition) is 4. The maximum absolute atomic E-state index is 9.22. The third-order valence-corrected chi connectivity index (χ3v) is 4.77. The Kier molecular flexibility index (Phi) is 16.7. The standard InChI is InChI=1S/2C12H18N.CH4O4S.ClH/c2*1-4-10-13(2,3)11-12-8-6-5-7-9-12;1-5-6(2,3)4;/h2*4-9H,1,10-11H2,2-3H3;1H3,(H,2,3,4);1H/q2*+1;;/p-2. The smallest absolute Gasteiger partial charge is 0.217 e. The summed E-state index contributed by atoms with van der Waals surface area (Å²) in [6.07, 6.45) is 3.95. The van der Waals surface area contributed by atoms with Gasteiger partial charge in [0.25, 0.3) is 0 Å². The molecule has 0 aliphatic heterocycles. The lowest BCUT2D eigenvalue weighted by Crippen LogP contribution is -3.00. The highest BCUT2D eigenvalue weighted by atomic mass is 35.5. The molecule has 0 amide bonds. The van der Waals surface area contributed by atoms with Crippen LogP contribution in [0.1, 0.15) is 11.1 Å². The van der Waals surface area contributed by atoms with Crippen molar-refractivity contribution in [1.82, 2.24) is 0 Å². The highest BCUT2D eigenvalue weighted by molar-refractivity contribution is 7.80. The summed E-state index contributed by atoms with van der Waals surface area (Å²) in [6.45, 7) is 11.7. The highest BCUT2D eigenvalue weighted by Gasteiger charge is 2.13. The van der Waals surface area contributed by atoms with Crippen LogP contribution in [0.2, 0.25) is 0 Å². The van der Waals surface area contributed by atoms with Crippen molar-refractivity contribution in [2.75, 3.05) is 48.4 Å². The molecule has 0 fully saturated rings. The summed E-state index contributed by atoms with van der Waals surface area (Å²) >= 11 is 0. The Labute approximate surface area is 207 Å². The summed E-state index contributed by atoms with van der Waals surface area (Å²) in [5, 5.41) is 0. The van der Waals surface area contributed by atoms with Crippen molar-refractivity contribution < 1.29 is 38.5 Å². The molecule has 0 saturated carbocycles. The van der Waals surface area contributed by atoms with Gasteiger partial charge >= 0.3 is 0 Å². The Balaban J connectivity index is 0. The Bertz CT molecular complexity index is 828. The lowest BCUT2D eigenvalue weighted by Gasteiger charge is -2.28. The number of nitrogens with zero attached hydrogens (tertiary/aromatic N) is 2. The van der Waals surface area contributed by atoms with E-state index >= 15 is 0 Å². The molecule has 0 heterocycles. The minimum atomic E-state index is -4.41. The van der Waals surface area contributed by atoms with Crippen molar-refractivity contribution in [3.8, 4) is 0 Å². The van der Waals surface area contributed by atoms with E-state index in [1.165, 1.54) is 11.1 Å². The minimum absolute atomic E-state index is 0. The number of likely N-dealkylation sites (N-methyl/N-ethyl adjacent to an activating group) is 2. The summed E-state index contributed by atoms with van der Waals surface area (Å²) in [7, 11) is 5.26. The molecular weight excluding hydrogens is 460 g/mol. The van der Waals surface area contributed by atoms with Gasteiger partial charge in [-0.1, -0.05) is 73.8 Å². The topological polar surface area (TPSA) is 66.4 Å². The molecule has 0 bridgehead atoms. The van der Waals surface area contributed by atoms with Crippen LogP contribution in [0.3, 0.4) is 0 Å². The summed E-state index contributed by atoms with van der Waals surface area (Å²) in [5.41, 5.74) is 2.77. The van der Waals surface area contributed by atoms with Gasteiger partial charge in [-0.3, -0.25) is 4.18 Å². The van der Waals surface area contributed by atoms with Crippen molar-refractivity contribution in [2.24, 2.45) is 0 Å². The molecule has 0 atom stereocenters. The van der Waals surface area contributed by atoms with E-state index in [1.54, 1.807) is 0 Å². The first-order valence-electron chi connectivity index (χ1n) is 10.3. The third kappa shape index (κ3) is 19.2. The van der Waals surface area contributed by atoms with Crippen LogP contribution >= 0.6 is 0 Å². The van der Waals surface area contributed by atoms with E-state index in [0.717, 1.165) is 42.3 Å². The number of rotatable bonds is 9. The van der Waals surface area contributed by atoms with Crippen molar-refractivity contribution in [2.45, 2.75) is 13.1 Å². The Morgan fingerprint density at radius 3 is 1.27 bits per heavy atom. The SMILES string of the molecule is C=CC[N+](C)(C)Cc1ccccc1.C=CC[N+](C)(C)Cc1ccccc1.COS(=O)(=O)[O-].[Cl-]. The van der Waals surface area contributed by atoms with E-state index in [0.29, 0.717) is 0 Å². The highest BCUT2D eigenvalue weighted by Crippen LogP contribution is 2.09. The normalized spacial score (nSPS) is 11.0. The maximum Gasteiger partial charge on any atom is 0.217 e. The molecule has 0 saturated heterocycles. The lowest BCUT2D eigenvalue weighted by atomic mass is 10.2. The van der Waals surface area contributed by atoms with Gasteiger partial charge < -0.3 is 25.9 Å². The van der Waals surface area contributed by atoms with Gasteiger partial charge in [0, 0.05) is 11.1 Å².